The molecule has 0 aliphatic rings. The van der Waals surface area contributed by atoms with Gasteiger partial charge in [0.1, 0.15) is 0 Å². The maximum Gasteiger partial charge on any atom is 0.0507 e. The first kappa shape index (κ1) is 12.1. The SMILES string of the molecule is CCCCCOCCc1ccccc1N. The van der Waals surface area contributed by atoms with Gasteiger partial charge in [-0.15, -0.1) is 0 Å². The minimum Gasteiger partial charge on any atom is -0.399 e. The average Bonchev–Trinajstić information content (AvgIpc) is 2.25. The molecule has 2 N–H and O–H groups in total. The van der Waals surface area contributed by atoms with Gasteiger partial charge in [-0.25, -0.2) is 0 Å². The summed E-state index contributed by atoms with van der Waals surface area (Å²) in [6.45, 7) is 3.85. The van der Waals surface area contributed by atoms with Crippen molar-refractivity contribution in [3.8, 4) is 0 Å². The zero-order valence-electron chi connectivity index (χ0n) is 9.54. The van der Waals surface area contributed by atoms with Crippen LogP contribution >= 0.6 is 0 Å². The minimum absolute atomic E-state index is 0.776. The standard InChI is InChI=1S/C13H21NO/c1-2-3-6-10-15-11-9-12-7-4-5-8-13(12)14/h4-5,7-8H,2-3,6,9-11,14H2,1H3. The number of nitrogen functional groups attached to an aromatic ring is 1. The third-order valence-electron chi connectivity index (χ3n) is 2.46. The molecule has 2 nitrogen and oxygen atoms in total. The topological polar surface area (TPSA) is 35.2 Å². The summed E-state index contributed by atoms with van der Waals surface area (Å²) in [7, 11) is 0. The highest BCUT2D eigenvalue weighted by Gasteiger charge is 1.97. The van der Waals surface area contributed by atoms with Gasteiger partial charge in [0.2, 0.25) is 0 Å². The van der Waals surface area contributed by atoms with Crippen LogP contribution in [-0.4, -0.2) is 13.2 Å². The molecule has 1 aromatic carbocycles. The number of rotatable bonds is 7. The lowest BCUT2D eigenvalue weighted by atomic mass is 10.1. The first-order valence-corrected chi connectivity index (χ1v) is 5.75. The van der Waals surface area contributed by atoms with Gasteiger partial charge in [-0.2, -0.15) is 0 Å². The van der Waals surface area contributed by atoms with Crippen LogP contribution in [0.1, 0.15) is 31.7 Å². The molecule has 0 atom stereocenters. The Balaban J connectivity index is 2.12. The van der Waals surface area contributed by atoms with E-state index in [0.29, 0.717) is 0 Å². The van der Waals surface area contributed by atoms with E-state index in [9.17, 15) is 0 Å². The van der Waals surface area contributed by atoms with E-state index < -0.39 is 0 Å². The molecule has 0 aliphatic carbocycles. The van der Waals surface area contributed by atoms with Crippen molar-refractivity contribution in [3.63, 3.8) is 0 Å². The van der Waals surface area contributed by atoms with Gasteiger partial charge >= 0.3 is 0 Å². The minimum atomic E-state index is 0.776. The van der Waals surface area contributed by atoms with Gasteiger partial charge in [0.05, 0.1) is 6.61 Å². The molecule has 0 saturated carbocycles. The Bertz CT molecular complexity index is 273. The lowest BCUT2D eigenvalue weighted by molar-refractivity contribution is 0.133. The summed E-state index contributed by atoms with van der Waals surface area (Å²) in [6, 6.07) is 7.97. The fourth-order valence-electron chi connectivity index (χ4n) is 1.50. The molecular weight excluding hydrogens is 186 g/mol. The molecule has 0 amide bonds. The average molecular weight is 207 g/mol. The zero-order chi connectivity index (χ0) is 10.9. The van der Waals surface area contributed by atoms with E-state index >= 15 is 0 Å². The Morgan fingerprint density at radius 2 is 1.93 bits per heavy atom. The summed E-state index contributed by atoms with van der Waals surface area (Å²) in [5.41, 5.74) is 7.89. The number of ether oxygens (including phenoxy) is 1. The number of hydrogen-bond donors (Lipinski definition) is 1. The van der Waals surface area contributed by atoms with E-state index in [4.69, 9.17) is 10.5 Å². The van der Waals surface area contributed by atoms with Crippen LogP contribution < -0.4 is 5.73 Å². The van der Waals surface area contributed by atoms with Crippen LogP contribution in [0.2, 0.25) is 0 Å². The first-order valence-electron chi connectivity index (χ1n) is 5.75. The second kappa shape index (κ2) is 7.30. The van der Waals surface area contributed by atoms with E-state index in [0.717, 1.165) is 25.3 Å². The second-order valence-corrected chi connectivity index (χ2v) is 3.77. The molecule has 0 bridgehead atoms. The molecule has 0 unspecified atom stereocenters. The summed E-state index contributed by atoms with van der Waals surface area (Å²) in [6.07, 6.45) is 4.59. The third kappa shape index (κ3) is 4.84. The lowest BCUT2D eigenvalue weighted by Crippen LogP contribution is -2.02. The summed E-state index contributed by atoms with van der Waals surface area (Å²) in [5.74, 6) is 0. The molecule has 84 valence electrons. The summed E-state index contributed by atoms with van der Waals surface area (Å²) < 4.78 is 5.54. The van der Waals surface area contributed by atoms with E-state index in [-0.39, 0.29) is 0 Å². The molecule has 0 aromatic heterocycles. The van der Waals surface area contributed by atoms with Gasteiger partial charge < -0.3 is 10.5 Å². The van der Waals surface area contributed by atoms with Crippen molar-refractivity contribution in [2.75, 3.05) is 18.9 Å². The van der Waals surface area contributed by atoms with Gasteiger partial charge in [0.25, 0.3) is 0 Å². The Morgan fingerprint density at radius 3 is 2.67 bits per heavy atom. The van der Waals surface area contributed by atoms with E-state index in [2.05, 4.69) is 13.0 Å². The van der Waals surface area contributed by atoms with Crippen LogP contribution in [0.4, 0.5) is 5.69 Å². The van der Waals surface area contributed by atoms with Gasteiger partial charge in [0, 0.05) is 12.3 Å². The van der Waals surface area contributed by atoms with Crippen molar-refractivity contribution in [2.45, 2.75) is 32.6 Å². The first-order chi connectivity index (χ1) is 7.34. The molecule has 0 radical (unpaired) electrons. The molecule has 0 heterocycles. The van der Waals surface area contributed by atoms with E-state index in [1.165, 1.54) is 24.8 Å². The normalized spacial score (nSPS) is 10.5. The van der Waals surface area contributed by atoms with Crippen molar-refractivity contribution in [1.29, 1.82) is 0 Å². The highest BCUT2D eigenvalue weighted by atomic mass is 16.5. The van der Waals surface area contributed by atoms with E-state index in [1.807, 2.05) is 18.2 Å². The zero-order valence-corrected chi connectivity index (χ0v) is 9.54. The van der Waals surface area contributed by atoms with Gasteiger partial charge in [-0.1, -0.05) is 38.0 Å². The molecule has 1 rings (SSSR count). The molecule has 0 aliphatic heterocycles. The molecule has 1 aromatic rings. The van der Waals surface area contributed by atoms with Crippen LogP contribution in [-0.2, 0) is 11.2 Å². The molecular formula is C13H21NO. The molecule has 15 heavy (non-hydrogen) atoms. The Hall–Kier alpha value is -1.02. The van der Waals surface area contributed by atoms with Gasteiger partial charge in [-0.3, -0.25) is 0 Å². The molecule has 0 fully saturated rings. The monoisotopic (exact) mass is 207 g/mol. The van der Waals surface area contributed by atoms with Crippen LogP contribution in [0.15, 0.2) is 24.3 Å². The number of benzene rings is 1. The maximum absolute atomic E-state index is 5.83. The fourth-order valence-corrected chi connectivity index (χ4v) is 1.50. The van der Waals surface area contributed by atoms with E-state index in [1.54, 1.807) is 0 Å². The van der Waals surface area contributed by atoms with Crippen LogP contribution in [0.3, 0.4) is 0 Å². The number of nitrogens with two attached hydrogens (primary N) is 1. The predicted octanol–water partition coefficient (Wildman–Crippen LogP) is 3.02. The van der Waals surface area contributed by atoms with Crippen molar-refractivity contribution in [3.05, 3.63) is 29.8 Å². The number of unbranched alkanes of at least 4 members (excludes halogenated alkanes) is 2. The quantitative estimate of drug-likeness (QED) is 0.551. The summed E-state index contributed by atoms with van der Waals surface area (Å²) >= 11 is 0. The van der Waals surface area contributed by atoms with Gasteiger partial charge in [0.15, 0.2) is 0 Å². The molecule has 0 saturated heterocycles. The maximum atomic E-state index is 5.83. The highest BCUT2D eigenvalue weighted by Crippen LogP contribution is 2.10. The summed E-state index contributed by atoms with van der Waals surface area (Å²) in [5, 5.41) is 0. The van der Waals surface area contributed by atoms with Gasteiger partial charge in [-0.05, 0) is 24.5 Å². The van der Waals surface area contributed by atoms with Crippen LogP contribution in [0.5, 0.6) is 0 Å². The highest BCUT2D eigenvalue weighted by molar-refractivity contribution is 5.46. The fraction of sp³-hybridized carbons (Fsp3) is 0.538. The lowest BCUT2D eigenvalue weighted by Gasteiger charge is -2.06. The Labute approximate surface area is 92.4 Å². The third-order valence-corrected chi connectivity index (χ3v) is 2.46. The summed E-state index contributed by atoms with van der Waals surface area (Å²) in [4.78, 5) is 0. The smallest absolute Gasteiger partial charge is 0.0507 e. The van der Waals surface area contributed by atoms with Crippen LogP contribution in [0.25, 0.3) is 0 Å². The van der Waals surface area contributed by atoms with Crippen molar-refractivity contribution < 1.29 is 4.74 Å². The number of anilines is 1. The molecule has 2 heteroatoms. The molecule has 0 spiro atoms. The van der Waals surface area contributed by atoms with Crippen molar-refractivity contribution in [2.24, 2.45) is 0 Å². The second-order valence-electron chi connectivity index (χ2n) is 3.77. The Morgan fingerprint density at radius 1 is 1.13 bits per heavy atom. The number of hydrogen-bond acceptors (Lipinski definition) is 2. The van der Waals surface area contributed by atoms with Crippen molar-refractivity contribution >= 4 is 5.69 Å². The largest absolute Gasteiger partial charge is 0.399 e. The predicted molar refractivity (Wildman–Crippen MR) is 64.9 cm³/mol. The number of para-hydroxylation sites is 1. The van der Waals surface area contributed by atoms with Crippen molar-refractivity contribution in [1.82, 2.24) is 0 Å². The van der Waals surface area contributed by atoms with Crippen LogP contribution in [0, 0.1) is 0 Å². The Kier molecular flexibility index (Phi) is 5.86.